The number of amides is 6. The molecular weight excluding hydrogens is 781 g/mol. The smallest absolute Gasteiger partial charge is 0.408 e. The van der Waals surface area contributed by atoms with Gasteiger partial charge in [-0.3, -0.25) is 29.0 Å². The number of halogens is 1. The summed E-state index contributed by atoms with van der Waals surface area (Å²) in [6, 6.07) is 18.0. The average Bonchev–Trinajstić information content (AvgIpc) is 3.91. The van der Waals surface area contributed by atoms with Crippen LogP contribution in [0.2, 0.25) is 0 Å². The maximum atomic E-state index is 14.1. The summed E-state index contributed by atoms with van der Waals surface area (Å²) in [7, 11) is 0. The molecule has 4 saturated heterocycles. The van der Waals surface area contributed by atoms with Gasteiger partial charge in [0.15, 0.2) is 0 Å². The van der Waals surface area contributed by atoms with Gasteiger partial charge in [0.05, 0.1) is 26.4 Å². The Morgan fingerprint density at radius 1 is 0.633 bits per heavy atom. The summed E-state index contributed by atoms with van der Waals surface area (Å²) >= 11 is 0. The maximum Gasteiger partial charge on any atom is 0.408 e. The second-order valence-electron chi connectivity index (χ2n) is 15.5. The SMILES string of the molecule is NC(=O)[C@@]1(c2ccc(CN(Cc3ccc([C@]4(C(N)=O)CCCN4C(=O)[C@@H]4COCCN4C(=O)O)cc3)c3ccc(F)cc3)cc2)CCCN1C(=O)[C@@H]1COCCN1C(=O)O. The molecule has 0 bridgehead atoms. The van der Waals surface area contributed by atoms with E-state index < -0.39 is 64.8 Å². The minimum Gasteiger partial charge on any atom is -0.465 e. The molecule has 0 unspecified atom stereocenters. The van der Waals surface area contributed by atoms with Crippen LogP contribution in [0.25, 0.3) is 0 Å². The number of likely N-dealkylation sites (tertiary alicyclic amines) is 2. The van der Waals surface area contributed by atoms with Crippen LogP contribution in [-0.4, -0.2) is 130 Å². The van der Waals surface area contributed by atoms with E-state index in [0.29, 0.717) is 42.7 Å². The van der Waals surface area contributed by atoms with E-state index in [9.17, 15) is 43.4 Å². The normalized spacial score (nSPS) is 24.3. The van der Waals surface area contributed by atoms with Gasteiger partial charge in [-0.15, -0.1) is 0 Å². The van der Waals surface area contributed by atoms with Crippen LogP contribution >= 0.6 is 0 Å². The first-order chi connectivity index (χ1) is 28.8. The Labute approximate surface area is 345 Å². The van der Waals surface area contributed by atoms with E-state index in [1.165, 1.54) is 21.9 Å². The number of hydrogen-bond donors (Lipinski definition) is 4. The molecule has 0 saturated carbocycles. The van der Waals surface area contributed by atoms with Gasteiger partial charge in [-0.05, 0) is 72.2 Å². The molecule has 17 nitrogen and oxygen atoms in total. The minimum atomic E-state index is -1.50. The fourth-order valence-corrected chi connectivity index (χ4v) is 9.17. The Balaban J connectivity index is 1.13. The highest BCUT2D eigenvalue weighted by molar-refractivity contribution is 5.96. The standard InChI is InChI=1S/C42H48FN7O10/c43-31-11-13-32(14-12-31)46(23-27-3-7-29(8-4-27)41(37(44)53)15-1-17-49(41)35(51)33-25-59-21-19-47(33)39(55)56)24-28-5-9-30(10-6-28)42(38(45)54)16-2-18-50(42)36(52)34-26-60-22-20-48(34)40(57)58/h3-14,33-34H,1-2,15-26H2,(H2,44,53)(H2,45,54)(H,55,56)(H,57,58)/t33-,34-,41-,42-/m0/s1. The van der Waals surface area contributed by atoms with Crippen molar-refractivity contribution < 1.29 is 52.8 Å². The Morgan fingerprint density at radius 3 is 1.40 bits per heavy atom. The van der Waals surface area contributed by atoms with Crippen molar-refractivity contribution in [3.63, 3.8) is 0 Å². The summed E-state index contributed by atoms with van der Waals surface area (Å²) in [5.74, 6) is -2.98. The Hall–Kier alpha value is -6.27. The average molecular weight is 830 g/mol. The second-order valence-corrected chi connectivity index (χ2v) is 15.5. The van der Waals surface area contributed by atoms with E-state index in [-0.39, 0.29) is 65.4 Å². The second kappa shape index (κ2) is 17.1. The van der Waals surface area contributed by atoms with Crippen LogP contribution in [-0.2, 0) is 52.8 Å². The van der Waals surface area contributed by atoms with Crippen LogP contribution in [0.15, 0.2) is 72.8 Å². The largest absolute Gasteiger partial charge is 0.465 e. The molecule has 4 aliphatic heterocycles. The number of hydrogen-bond acceptors (Lipinski definition) is 9. The molecule has 6 amide bonds. The lowest BCUT2D eigenvalue weighted by Crippen LogP contribution is -2.61. The van der Waals surface area contributed by atoms with E-state index in [1.807, 2.05) is 29.2 Å². The molecule has 18 heteroatoms. The van der Waals surface area contributed by atoms with Crippen LogP contribution in [0.3, 0.4) is 0 Å². The van der Waals surface area contributed by atoms with Gasteiger partial charge >= 0.3 is 12.2 Å². The van der Waals surface area contributed by atoms with Crippen LogP contribution in [0.1, 0.15) is 47.9 Å². The highest BCUT2D eigenvalue weighted by atomic mass is 19.1. The quantitative estimate of drug-likeness (QED) is 0.219. The summed E-state index contributed by atoms with van der Waals surface area (Å²) in [5.41, 5.74) is 12.4. The molecule has 6 N–H and O–H groups in total. The third kappa shape index (κ3) is 7.67. The molecule has 0 aliphatic carbocycles. The Bertz CT molecular complexity index is 2000. The van der Waals surface area contributed by atoms with Gasteiger partial charge in [-0.2, -0.15) is 0 Å². The van der Waals surface area contributed by atoms with E-state index in [4.69, 9.17) is 20.9 Å². The predicted octanol–water partition coefficient (Wildman–Crippen LogP) is 2.40. The zero-order valence-corrected chi connectivity index (χ0v) is 32.9. The number of ether oxygens (including phenoxy) is 2. The number of rotatable bonds is 11. The van der Waals surface area contributed by atoms with Crippen molar-refractivity contribution in [3.8, 4) is 0 Å². The first-order valence-corrected chi connectivity index (χ1v) is 19.8. The number of primary amides is 2. The lowest BCUT2D eigenvalue weighted by atomic mass is 9.85. The van der Waals surface area contributed by atoms with Crippen molar-refractivity contribution in [2.75, 3.05) is 57.5 Å². The molecule has 4 heterocycles. The molecule has 4 fully saturated rings. The van der Waals surface area contributed by atoms with Crippen LogP contribution < -0.4 is 16.4 Å². The van der Waals surface area contributed by atoms with Crippen molar-refractivity contribution >= 4 is 41.5 Å². The van der Waals surface area contributed by atoms with Gasteiger partial charge in [0.25, 0.3) is 0 Å². The van der Waals surface area contributed by atoms with Gasteiger partial charge < -0.3 is 45.9 Å². The molecule has 4 atom stereocenters. The summed E-state index contributed by atoms with van der Waals surface area (Å²) in [6.45, 7) is 1.14. The first kappa shape index (κ1) is 41.9. The number of carbonyl (C=O) groups excluding carboxylic acids is 4. The maximum absolute atomic E-state index is 14.1. The van der Waals surface area contributed by atoms with Crippen LogP contribution in [0.5, 0.6) is 0 Å². The van der Waals surface area contributed by atoms with Gasteiger partial charge in [-0.25, -0.2) is 14.0 Å². The summed E-state index contributed by atoms with van der Waals surface area (Å²) < 4.78 is 25.0. The van der Waals surface area contributed by atoms with Gasteiger partial charge in [0.2, 0.25) is 23.6 Å². The van der Waals surface area contributed by atoms with E-state index in [1.54, 1.807) is 36.4 Å². The van der Waals surface area contributed by atoms with Crippen molar-refractivity contribution in [3.05, 3.63) is 101 Å². The van der Waals surface area contributed by atoms with Crippen LogP contribution in [0.4, 0.5) is 19.7 Å². The van der Waals surface area contributed by atoms with E-state index in [0.717, 1.165) is 20.9 Å². The number of carbonyl (C=O) groups is 6. The minimum absolute atomic E-state index is 0.0199. The zero-order valence-electron chi connectivity index (χ0n) is 32.9. The molecule has 4 aliphatic rings. The Morgan fingerprint density at radius 2 is 1.03 bits per heavy atom. The number of carboxylic acid groups (broad SMARTS) is 2. The molecule has 3 aromatic carbocycles. The predicted molar refractivity (Wildman–Crippen MR) is 211 cm³/mol. The summed E-state index contributed by atoms with van der Waals surface area (Å²) in [4.78, 5) is 85.1. The third-order valence-corrected chi connectivity index (χ3v) is 12.2. The van der Waals surface area contributed by atoms with Crippen molar-refractivity contribution in [1.29, 1.82) is 0 Å². The van der Waals surface area contributed by atoms with Crippen molar-refractivity contribution in [2.24, 2.45) is 11.5 Å². The van der Waals surface area contributed by atoms with E-state index in [2.05, 4.69) is 0 Å². The van der Waals surface area contributed by atoms with Gasteiger partial charge in [-0.1, -0.05) is 48.5 Å². The topological polar surface area (TPSA) is 230 Å². The molecule has 0 spiro atoms. The lowest BCUT2D eigenvalue weighted by molar-refractivity contribution is -0.151. The molecule has 0 radical (unpaired) electrons. The molecular formula is C42H48FN7O10. The summed E-state index contributed by atoms with van der Waals surface area (Å²) in [5, 5.41) is 19.5. The van der Waals surface area contributed by atoms with Gasteiger partial charge in [0, 0.05) is 45.0 Å². The Kier molecular flexibility index (Phi) is 12.0. The molecule has 60 heavy (non-hydrogen) atoms. The first-order valence-electron chi connectivity index (χ1n) is 19.8. The number of morpholine rings is 2. The van der Waals surface area contributed by atoms with Crippen LogP contribution in [0, 0.1) is 5.82 Å². The fraction of sp³-hybridized carbons (Fsp3) is 0.429. The van der Waals surface area contributed by atoms with Crippen molar-refractivity contribution in [2.45, 2.75) is 61.9 Å². The number of benzene rings is 3. The molecule has 0 aromatic heterocycles. The molecule has 3 aromatic rings. The number of nitrogens with zero attached hydrogens (tertiary/aromatic N) is 5. The molecule has 318 valence electrons. The number of anilines is 1. The highest BCUT2D eigenvalue weighted by Gasteiger charge is 2.54. The van der Waals surface area contributed by atoms with E-state index >= 15 is 0 Å². The molecule has 7 rings (SSSR count). The monoisotopic (exact) mass is 829 g/mol. The van der Waals surface area contributed by atoms with Crippen molar-refractivity contribution in [1.82, 2.24) is 19.6 Å². The lowest BCUT2D eigenvalue weighted by Gasteiger charge is -2.41. The van der Waals surface area contributed by atoms with Gasteiger partial charge in [0.1, 0.15) is 29.0 Å². The highest BCUT2D eigenvalue weighted by Crippen LogP contribution is 2.42. The summed E-state index contributed by atoms with van der Waals surface area (Å²) in [6.07, 6.45) is -1.05. The number of nitrogens with two attached hydrogens (primary N) is 2. The zero-order chi connectivity index (χ0) is 42.8. The fourth-order valence-electron chi connectivity index (χ4n) is 9.17. The third-order valence-electron chi connectivity index (χ3n) is 12.2.